The van der Waals surface area contributed by atoms with Gasteiger partial charge in [-0.3, -0.25) is 9.69 Å². The van der Waals surface area contributed by atoms with Crippen LogP contribution in [0.3, 0.4) is 0 Å². The van der Waals surface area contributed by atoms with Gasteiger partial charge in [-0.05, 0) is 13.0 Å². The van der Waals surface area contributed by atoms with E-state index in [0.717, 1.165) is 60.6 Å². The number of anilines is 2. The third-order valence-corrected chi connectivity index (χ3v) is 5.87. The SMILES string of the molecule is CCNc1cc(N2CCN(CCO)CC2)c2noc3c2c1C(=O)c1ccccc1-3. The first-order chi connectivity index (χ1) is 14.2. The molecule has 0 amide bonds. The molecule has 2 aromatic carbocycles. The van der Waals surface area contributed by atoms with Gasteiger partial charge in [0.1, 0.15) is 5.52 Å². The Bertz CT molecular complexity index is 1080. The zero-order chi connectivity index (χ0) is 20.0. The number of aromatic nitrogens is 1. The number of nitrogens with zero attached hydrogens (tertiary/aromatic N) is 3. The maximum atomic E-state index is 13.3. The fraction of sp³-hybridized carbons (Fsp3) is 0.364. The van der Waals surface area contributed by atoms with Gasteiger partial charge in [0, 0.05) is 56.1 Å². The number of aliphatic hydroxyl groups is 1. The quantitative estimate of drug-likeness (QED) is 0.540. The number of fused-ring (bicyclic) bond motifs is 2. The van der Waals surface area contributed by atoms with Crippen LogP contribution in [-0.4, -0.2) is 66.8 Å². The van der Waals surface area contributed by atoms with E-state index in [1.54, 1.807) is 0 Å². The third-order valence-electron chi connectivity index (χ3n) is 5.87. The molecule has 5 rings (SSSR count). The number of carbonyl (C=O) groups excluding carboxylic acids is 1. The Labute approximate surface area is 168 Å². The van der Waals surface area contributed by atoms with E-state index in [9.17, 15) is 9.90 Å². The number of ketones is 1. The number of carbonyl (C=O) groups is 1. The van der Waals surface area contributed by atoms with Crippen LogP contribution >= 0.6 is 0 Å². The highest BCUT2D eigenvalue weighted by molar-refractivity contribution is 6.28. The largest absolute Gasteiger partial charge is 0.395 e. The first-order valence-corrected chi connectivity index (χ1v) is 10.2. The zero-order valence-electron chi connectivity index (χ0n) is 16.4. The minimum absolute atomic E-state index is 0.0107. The standard InChI is InChI=1S/C22H24N4O3/c1-2-23-16-13-17(26-9-7-25(8-10-26)11-12-27)20-19-18(16)21(28)14-5-3-4-6-15(14)22(19)29-24-20/h3-6,13,23,27H,2,7-12H2,1H3. The molecule has 3 aromatic rings. The summed E-state index contributed by atoms with van der Waals surface area (Å²) in [4.78, 5) is 17.9. The molecular formula is C22H24N4O3. The van der Waals surface area contributed by atoms with Gasteiger partial charge in [0.15, 0.2) is 11.5 Å². The van der Waals surface area contributed by atoms with Crippen molar-refractivity contribution in [3.8, 4) is 11.3 Å². The van der Waals surface area contributed by atoms with E-state index in [2.05, 4.69) is 20.3 Å². The van der Waals surface area contributed by atoms with Crippen molar-refractivity contribution in [1.82, 2.24) is 10.1 Å². The van der Waals surface area contributed by atoms with Crippen molar-refractivity contribution in [3.63, 3.8) is 0 Å². The van der Waals surface area contributed by atoms with Crippen molar-refractivity contribution in [3.05, 3.63) is 41.5 Å². The Balaban J connectivity index is 1.66. The summed E-state index contributed by atoms with van der Waals surface area (Å²) in [5.74, 6) is 0.682. The van der Waals surface area contributed by atoms with Crippen LogP contribution in [0.2, 0.25) is 0 Å². The highest BCUT2D eigenvalue weighted by Crippen LogP contribution is 2.45. The molecule has 7 heteroatoms. The van der Waals surface area contributed by atoms with Crippen molar-refractivity contribution in [2.24, 2.45) is 0 Å². The lowest BCUT2D eigenvalue weighted by Crippen LogP contribution is -2.47. The highest BCUT2D eigenvalue weighted by atomic mass is 16.5. The first-order valence-electron chi connectivity index (χ1n) is 10.2. The second-order valence-corrected chi connectivity index (χ2v) is 7.51. The van der Waals surface area contributed by atoms with Gasteiger partial charge < -0.3 is 19.8 Å². The van der Waals surface area contributed by atoms with Crippen LogP contribution in [0.5, 0.6) is 0 Å². The van der Waals surface area contributed by atoms with Crippen LogP contribution in [-0.2, 0) is 0 Å². The van der Waals surface area contributed by atoms with Gasteiger partial charge in [0.25, 0.3) is 0 Å². The predicted molar refractivity (Wildman–Crippen MR) is 113 cm³/mol. The van der Waals surface area contributed by atoms with Crippen LogP contribution in [0.25, 0.3) is 22.2 Å². The van der Waals surface area contributed by atoms with Crippen molar-refractivity contribution < 1.29 is 14.4 Å². The summed E-state index contributed by atoms with van der Waals surface area (Å²) in [6, 6.07) is 9.60. The van der Waals surface area contributed by atoms with Gasteiger partial charge in [-0.15, -0.1) is 0 Å². The van der Waals surface area contributed by atoms with Crippen LogP contribution < -0.4 is 10.2 Å². The lowest BCUT2D eigenvalue weighted by molar-refractivity contribution is 0.104. The topological polar surface area (TPSA) is 81.8 Å². The number of benzene rings is 2. The first kappa shape index (κ1) is 18.1. The van der Waals surface area contributed by atoms with Crippen molar-refractivity contribution in [1.29, 1.82) is 0 Å². The molecular weight excluding hydrogens is 368 g/mol. The number of piperazine rings is 1. The Morgan fingerprint density at radius 3 is 2.66 bits per heavy atom. The van der Waals surface area contributed by atoms with E-state index in [4.69, 9.17) is 4.52 Å². The van der Waals surface area contributed by atoms with Crippen LogP contribution in [0.1, 0.15) is 22.8 Å². The molecule has 0 bridgehead atoms. The summed E-state index contributed by atoms with van der Waals surface area (Å²) < 4.78 is 5.80. The van der Waals surface area contributed by atoms with E-state index in [-0.39, 0.29) is 12.4 Å². The van der Waals surface area contributed by atoms with E-state index >= 15 is 0 Å². The molecule has 1 aliphatic heterocycles. The summed E-state index contributed by atoms with van der Waals surface area (Å²) in [6.07, 6.45) is 0. The lowest BCUT2D eigenvalue weighted by Gasteiger charge is -2.36. The summed E-state index contributed by atoms with van der Waals surface area (Å²) in [6.45, 7) is 7.07. The molecule has 0 saturated carbocycles. The van der Waals surface area contributed by atoms with E-state index in [0.29, 0.717) is 23.4 Å². The predicted octanol–water partition coefficient (Wildman–Crippen LogP) is 2.59. The maximum Gasteiger partial charge on any atom is 0.196 e. The number of rotatable bonds is 5. The normalized spacial score (nSPS) is 16.3. The molecule has 1 fully saturated rings. The summed E-state index contributed by atoms with van der Waals surface area (Å²) in [7, 11) is 0. The second kappa shape index (κ2) is 7.17. The molecule has 2 N–H and O–H groups in total. The van der Waals surface area contributed by atoms with Gasteiger partial charge in [0.2, 0.25) is 0 Å². The Hall–Kier alpha value is -2.90. The van der Waals surface area contributed by atoms with E-state index < -0.39 is 0 Å². The fourth-order valence-corrected chi connectivity index (χ4v) is 4.47. The molecule has 0 unspecified atom stereocenters. The Kier molecular flexibility index (Phi) is 4.49. The Morgan fingerprint density at radius 1 is 1.17 bits per heavy atom. The van der Waals surface area contributed by atoms with Crippen molar-refractivity contribution in [2.45, 2.75) is 6.92 Å². The van der Waals surface area contributed by atoms with Crippen molar-refractivity contribution >= 4 is 28.1 Å². The number of nitrogens with one attached hydrogen (secondary N) is 1. The molecule has 29 heavy (non-hydrogen) atoms. The number of hydrogen-bond donors (Lipinski definition) is 2. The number of β-amino-alcohol motifs (C(OH)–C–C–N with tert-alkyl or cyclic N) is 1. The molecule has 7 nitrogen and oxygen atoms in total. The Morgan fingerprint density at radius 2 is 1.93 bits per heavy atom. The molecule has 0 spiro atoms. The molecule has 2 aliphatic rings. The fourth-order valence-electron chi connectivity index (χ4n) is 4.47. The van der Waals surface area contributed by atoms with Gasteiger partial charge in [-0.1, -0.05) is 29.4 Å². The molecule has 1 saturated heterocycles. The van der Waals surface area contributed by atoms with Gasteiger partial charge in [0.05, 0.1) is 23.2 Å². The molecule has 1 aromatic heterocycles. The molecule has 1 aliphatic carbocycles. The average Bonchev–Trinajstić information content (AvgIpc) is 3.19. The number of aliphatic hydroxyl groups excluding tert-OH is 1. The highest BCUT2D eigenvalue weighted by Gasteiger charge is 2.33. The molecule has 0 radical (unpaired) electrons. The summed E-state index contributed by atoms with van der Waals surface area (Å²) >= 11 is 0. The van der Waals surface area contributed by atoms with Crippen LogP contribution in [0.15, 0.2) is 34.9 Å². The average molecular weight is 392 g/mol. The smallest absolute Gasteiger partial charge is 0.196 e. The van der Waals surface area contributed by atoms with E-state index in [1.807, 2.05) is 37.3 Å². The molecule has 150 valence electrons. The van der Waals surface area contributed by atoms with Crippen LogP contribution in [0, 0.1) is 0 Å². The van der Waals surface area contributed by atoms with Gasteiger partial charge in [-0.2, -0.15) is 0 Å². The number of hydrogen-bond acceptors (Lipinski definition) is 7. The minimum atomic E-state index is 0.0107. The van der Waals surface area contributed by atoms with Gasteiger partial charge >= 0.3 is 0 Å². The third kappa shape index (κ3) is 2.81. The van der Waals surface area contributed by atoms with Gasteiger partial charge in [-0.25, -0.2) is 0 Å². The van der Waals surface area contributed by atoms with E-state index in [1.165, 1.54) is 0 Å². The van der Waals surface area contributed by atoms with Crippen molar-refractivity contribution in [2.75, 3.05) is 56.1 Å². The monoisotopic (exact) mass is 392 g/mol. The summed E-state index contributed by atoms with van der Waals surface area (Å²) in [5.41, 5.74) is 4.68. The minimum Gasteiger partial charge on any atom is -0.395 e. The summed E-state index contributed by atoms with van der Waals surface area (Å²) in [5, 5.41) is 17.8. The van der Waals surface area contributed by atoms with Crippen LogP contribution in [0.4, 0.5) is 11.4 Å². The lowest BCUT2D eigenvalue weighted by atomic mass is 9.86. The molecule has 2 heterocycles. The molecule has 0 atom stereocenters. The maximum absolute atomic E-state index is 13.3. The second-order valence-electron chi connectivity index (χ2n) is 7.51. The zero-order valence-corrected chi connectivity index (χ0v) is 16.4.